The van der Waals surface area contributed by atoms with Crippen LogP contribution in [-0.4, -0.2) is 19.3 Å². The van der Waals surface area contributed by atoms with E-state index in [0.29, 0.717) is 18.0 Å². The molecule has 0 aliphatic carbocycles. The van der Waals surface area contributed by atoms with Gasteiger partial charge in [0.25, 0.3) is 0 Å². The lowest BCUT2D eigenvalue weighted by Gasteiger charge is -2.26. The smallest absolute Gasteiger partial charge is 0.0931 e. The molecule has 0 saturated heterocycles. The Morgan fingerprint density at radius 3 is 2.59 bits per heavy atom. The fraction of sp³-hybridized carbons (Fsp3) is 0.692. The highest BCUT2D eigenvalue weighted by Gasteiger charge is 2.17. The molecule has 98 valence electrons. The fourth-order valence-corrected chi connectivity index (χ4v) is 2.63. The summed E-state index contributed by atoms with van der Waals surface area (Å²) in [6, 6.07) is 2.72. The van der Waals surface area contributed by atoms with E-state index < -0.39 is 0 Å². The van der Waals surface area contributed by atoms with Crippen LogP contribution < -0.4 is 5.32 Å². The molecule has 1 aromatic rings. The molecule has 0 amide bonds. The third-order valence-corrected chi connectivity index (χ3v) is 3.97. The molecule has 2 nitrogen and oxygen atoms in total. The molecule has 1 heterocycles. The summed E-state index contributed by atoms with van der Waals surface area (Å²) < 4.78 is 6.36. The molecule has 0 bridgehead atoms. The molecule has 1 rings (SSSR count). The summed E-state index contributed by atoms with van der Waals surface area (Å²) in [6.45, 7) is 10.1. The van der Waals surface area contributed by atoms with E-state index in [-0.39, 0.29) is 0 Å². The molecule has 2 atom stereocenters. The molecule has 4 heteroatoms. The van der Waals surface area contributed by atoms with E-state index in [2.05, 4.69) is 31.5 Å². The molecule has 0 aliphatic rings. The number of ether oxygens (including phenoxy) is 1. The maximum Gasteiger partial charge on any atom is 0.0931 e. The van der Waals surface area contributed by atoms with Gasteiger partial charge in [0.1, 0.15) is 0 Å². The second-order valence-electron chi connectivity index (χ2n) is 4.58. The first-order valence-electron chi connectivity index (χ1n) is 6.12. The minimum absolute atomic E-state index is 0.312. The molecule has 0 saturated carbocycles. The highest BCUT2D eigenvalue weighted by atomic mass is 35.5. The van der Waals surface area contributed by atoms with Crippen LogP contribution in [0.1, 0.15) is 39.3 Å². The minimum Gasteiger partial charge on any atom is -0.380 e. The van der Waals surface area contributed by atoms with Crippen LogP contribution in [0.25, 0.3) is 0 Å². The van der Waals surface area contributed by atoms with E-state index in [1.807, 2.05) is 13.0 Å². The number of nitrogens with one attached hydrogen (secondary N) is 1. The van der Waals surface area contributed by atoms with Gasteiger partial charge in [-0.1, -0.05) is 25.4 Å². The van der Waals surface area contributed by atoms with Crippen molar-refractivity contribution in [1.82, 2.24) is 5.32 Å². The van der Waals surface area contributed by atoms with Gasteiger partial charge in [0, 0.05) is 18.7 Å². The Bertz CT molecular complexity index is 327. The zero-order valence-corrected chi connectivity index (χ0v) is 12.6. The van der Waals surface area contributed by atoms with Crippen molar-refractivity contribution in [2.75, 3.05) is 13.2 Å². The molecular formula is C13H22ClNOS. The zero-order chi connectivity index (χ0) is 12.8. The van der Waals surface area contributed by atoms with Gasteiger partial charge in [-0.3, -0.25) is 0 Å². The Hall–Kier alpha value is -0.0900. The van der Waals surface area contributed by atoms with Crippen molar-refractivity contribution in [3.63, 3.8) is 0 Å². The highest BCUT2D eigenvalue weighted by Crippen LogP contribution is 2.25. The first kappa shape index (κ1) is 15.0. The lowest BCUT2D eigenvalue weighted by atomic mass is 10.0. The van der Waals surface area contributed by atoms with Crippen LogP contribution in [0, 0.1) is 5.92 Å². The molecule has 0 aromatic carbocycles. The molecule has 1 N–H and O–H groups in total. The molecule has 17 heavy (non-hydrogen) atoms. The summed E-state index contributed by atoms with van der Waals surface area (Å²) in [6.07, 6.45) is 0. The molecule has 0 spiro atoms. The lowest BCUT2D eigenvalue weighted by Crippen LogP contribution is -2.39. The van der Waals surface area contributed by atoms with Crippen molar-refractivity contribution in [1.29, 1.82) is 0 Å². The first-order chi connectivity index (χ1) is 8.04. The average Bonchev–Trinajstić information content (AvgIpc) is 2.70. The lowest BCUT2D eigenvalue weighted by molar-refractivity contribution is 0.104. The van der Waals surface area contributed by atoms with Crippen LogP contribution in [0.5, 0.6) is 0 Å². The van der Waals surface area contributed by atoms with Crippen molar-refractivity contribution in [3.05, 3.63) is 21.3 Å². The standard InChI is InChI=1S/C13H22ClNOS/c1-5-16-7-12(9(2)3)15-10(4)11-6-13(14)17-8-11/h6,8-10,12,15H,5,7H2,1-4H3. The highest BCUT2D eigenvalue weighted by molar-refractivity contribution is 7.14. The van der Waals surface area contributed by atoms with Crippen LogP contribution in [0.2, 0.25) is 4.34 Å². The molecule has 0 radical (unpaired) electrons. The summed E-state index contributed by atoms with van der Waals surface area (Å²) >= 11 is 7.53. The Balaban J connectivity index is 2.54. The summed E-state index contributed by atoms with van der Waals surface area (Å²) in [5, 5.41) is 5.71. The van der Waals surface area contributed by atoms with Gasteiger partial charge in [-0.2, -0.15) is 0 Å². The number of rotatable bonds is 7. The summed E-state index contributed by atoms with van der Waals surface area (Å²) in [7, 11) is 0. The van der Waals surface area contributed by atoms with E-state index >= 15 is 0 Å². The predicted molar refractivity (Wildman–Crippen MR) is 76.0 cm³/mol. The van der Waals surface area contributed by atoms with Crippen LogP contribution in [-0.2, 0) is 4.74 Å². The number of halogens is 1. The van der Waals surface area contributed by atoms with Crippen LogP contribution >= 0.6 is 22.9 Å². The molecule has 0 aliphatic heterocycles. The van der Waals surface area contributed by atoms with Gasteiger partial charge >= 0.3 is 0 Å². The summed E-state index contributed by atoms with van der Waals surface area (Å²) in [4.78, 5) is 0. The second-order valence-corrected chi connectivity index (χ2v) is 6.13. The minimum atomic E-state index is 0.312. The van der Waals surface area contributed by atoms with Gasteiger partial charge in [0.05, 0.1) is 10.9 Å². The summed E-state index contributed by atoms with van der Waals surface area (Å²) in [5.74, 6) is 0.554. The number of hydrogen-bond acceptors (Lipinski definition) is 3. The van der Waals surface area contributed by atoms with E-state index in [9.17, 15) is 0 Å². The van der Waals surface area contributed by atoms with E-state index in [1.54, 1.807) is 11.3 Å². The Morgan fingerprint density at radius 2 is 2.12 bits per heavy atom. The van der Waals surface area contributed by atoms with Crippen molar-refractivity contribution in [2.24, 2.45) is 5.92 Å². The van der Waals surface area contributed by atoms with Crippen molar-refractivity contribution in [3.8, 4) is 0 Å². The van der Waals surface area contributed by atoms with Crippen molar-refractivity contribution >= 4 is 22.9 Å². The number of hydrogen-bond donors (Lipinski definition) is 1. The normalized spacial score (nSPS) is 15.2. The maximum absolute atomic E-state index is 5.95. The quantitative estimate of drug-likeness (QED) is 0.808. The van der Waals surface area contributed by atoms with Gasteiger partial charge in [0.15, 0.2) is 0 Å². The van der Waals surface area contributed by atoms with Crippen LogP contribution in [0.15, 0.2) is 11.4 Å². The largest absolute Gasteiger partial charge is 0.380 e. The van der Waals surface area contributed by atoms with E-state index in [4.69, 9.17) is 16.3 Å². The van der Waals surface area contributed by atoms with Gasteiger partial charge < -0.3 is 10.1 Å². The maximum atomic E-state index is 5.95. The zero-order valence-electron chi connectivity index (χ0n) is 11.0. The van der Waals surface area contributed by atoms with E-state index in [0.717, 1.165) is 17.6 Å². The average molecular weight is 276 g/mol. The van der Waals surface area contributed by atoms with Crippen molar-refractivity contribution < 1.29 is 4.74 Å². The molecule has 1 aromatic heterocycles. The SMILES string of the molecule is CCOCC(NC(C)c1csc(Cl)c1)C(C)C. The third kappa shape index (κ3) is 4.96. The predicted octanol–water partition coefficient (Wildman–Crippen LogP) is 4.11. The Morgan fingerprint density at radius 1 is 1.41 bits per heavy atom. The van der Waals surface area contributed by atoms with Gasteiger partial charge in [-0.15, -0.1) is 11.3 Å². The Labute approximate surface area is 113 Å². The first-order valence-corrected chi connectivity index (χ1v) is 7.38. The second kappa shape index (κ2) is 7.37. The number of thiophene rings is 1. The monoisotopic (exact) mass is 275 g/mol. The molecular weight excluding hydrogens is 254 g/mol. The molecule has 0 fully saturated rings. The van der Waals surface area contributed by atoms with E-state index in [1.165, 1.54) is 5.56 Å². The van der Waals surface area contributed by atoms with Crippen LogP contribution in [0.3, 0.4) is 0 Å². The topological polar surface area (TPSA) is 21.3 Å². The fourth-order valence-electron chi connectivity index (χ4n) is 1.65. The van der Waals surface area contributed by atoms with Crippen molar-refractivity contribution in [2.45, 2.75) is 39.8 Å². The third-order valence-electron chi connectivity index (χ3n) is 2.86. The molecule has 2 unspecified atom stereocenters. The summed E-state index contributed by atoms with van der Waals surface area (Å²) in [5.41, 5.74) is 1.25. The van der Waals surface area contributed by atoms with Crippen LogP contribution in [0.4, 0.5) is 0 Å². The van der Waals surface area contributed by atoms with Gasteiger partial charge in [-0.25, -0.2) is 0 Å². The van der Waals surface area contributed by atoms with Gasteiger partial charge in [0.2, 0.25) is 0 Å². The van der Waals surface area contributed by atoms with Gasteiger partial charge in [-0.05, 0) is 36.8 Å². The Kier molecular flexibility index (Phi) is 6.49.